The van der Waals surface area contributed by atoms with E-state index in [2.05, 4.69) is 20.5 Å². The number of rotatable bonds is 4. The molecule has 0 saturated carbocycles. The van der Waals surface area contributed by atoms with Gasteiger partial charge in [0.25, 0.3) is 5.91 Å². The minimum Gasteiger partial charge on any atom is -0.322 e. The van der Waals surface area contributed by atoms with Gasteiger partial charge >= 0.3 is 0 Å². The van der Waals surface area contributed by atoms with E-state index in [-0.39, 0.29) is 5.91 Å². The number of nitrogens with zero attached hydrogens (tertiary/aromatic N) is 5. The molecule has 1 aromatic carbocycles. The van der Waals surface area contributed by atoms with Gasteiger partial charge in [-0.25, -0.2) is 14.3 Å². The quantitative estimate of drug-likeness (QED) is 0.607. The number of nitrogens with one attached hydrogen (secondary N) is 1. The van der Waals surface area contributed by atoms with Crippen LogP contribution in [0.1, 0.15) is 21.7 Å². The van der Waals surface area contributed by atoms with E-state index in [9.17, 15) is 4.79 Å². The van der Waals surface area contributed by atoms with Crippen LogP contribution in [0.5, 0.6) is 0 Å². The molecule has 1 N–H and O–H groups in total. The van der Waals surface area contributed by atoms with Crippen LogP contribution in [-0.2, 0) is 0 Å². The summed E-state index contributed by atoms with van der Waals surface area (Å²) in [7, 11) is 0. The lowest BCUT2D eigenvalue weighted by atomic mass is 10.2. The van der Waals surface area contributed by atoms with Crippen molar-refractivity contribution in [1.82, 2.24) is 24.5 Å². The van der Waals surface area contributed by atoms with Gasteiger partial charge in [0.1, 0.15) is 0 Å². The van der Waals surface area contributed by atoms with E-state index in [0.717, 1.165) is 17.1 Å². The lowest BCUT2D eigenvalue weighted by molar-refractivity contribution is 0.102. The molecule has 4 rings (SSSR count). The van der Waals surface area contributed by atoms with Crippen LogP contribution in [0.2, 0.25) is 0 Å². The number of benzene rings is 1. The van der Waals surface area contributed by atoms with Crippen LogP contribution in [0, 0.1) is 13.8 Å². The second-order valence-electron chi connectivity index (χ2n) is 6.20. The van der Waals surface area contributed by atoms with Gasteiger partial charge in [0, 0.05) is 30.0 Å². The van der Waals surface area contributed by atoms with Crippen LogP contribution in [0.15, 0.2) is 67.1 Å². The maximum Gasteiger partial charge on any atom is 0.257 e. The zero-order valence-corrected chi connectivity index (χ0v) is 15.0. The van der Waals surface area contributed by atoms with Crippen LogP contribution in [-0.4, -0.2) is 30.5 Å². The van der Waals surface area contributed by atoms with Crippen molar-refractivity contribution in [2.24, 2.45) is 0 Å². The molecule has 0 aliphatic heterocycles. The predicted octanol–water partition coefficient (Wildman–Crippen LogP) is 3.32. The molecule has 0 aliphatic carbocycles. The van der Waals surface area contributed by atoms with E-state index in [1.54, 1.807) is 33.9 Å². The van der Waals surface area contributed by atoms with Crippen LogP contribution < -0.4 is 5.32 Å². The van der Waals surface area contributed by atoms with Gasteiger partial charge in [0.2, 0.25) is 0 Å². The van der Waals surface area contributed by atoms with Crippen LogP contribution in [0.3, 0.4) is 0 Å². The number of anilines is 1. The molecule has 7 heteroatoms. The second kappa shape index (κ2) is 6.87. The van der Waals surface area contributed by atoms with E-state index in [4.69, 9.17) is 0 Å². The third-order valence-corrected chi connectivity index (χ3v) is 4.13. The Morgan fingerprint density at radius 3 is 2.48 bits per heavy atom. The summed E-state index contributed by atoms with van der Waals surface area (Å²) in [5.74, 6) is 0.468. The Balaban J connectivity index is 1.47. The molecule has 1 amide bonds. The molecule has 0 saturated heterocycles. The zero-order chi connectivity index (χ0) is 18.8. The number of carbonyl (C=O) groups is 1. The minimum absolute atomic E-state index is 0.214. The number of amides is 1. The molecular formula is C20H18N6O. The summed E-state index contributed by atoms with van der Waals surface area (Å²) in [4.78, 5) is 16.8. The van der Waals surface area contributed by atoms with Crippen molar-refractivity contribution in [2.45, 2.75) is 13.8 Å². The average molecular weight is 358 g/mol. The molecule has 4 aromatic rings. The SMILES string of the molecule is Cc1cc(C)n(-c2ccc(C(=O)Nc3ccc(-n4cccn4)cc3)cn2)n1. The van der Waals surface area contributed by atoms with Crippen molar-refractivity contribution in [3.8, 4) is 11.5 Å². The topological polar surface area (TPSA) is 77.6 Å². The highest BCUT2D eigenvalue weighted by Gasteiger charge is 2.09. The summed E-state index contributed by atoms with van der Waals surface area (Å²) in [6.45, 7) is 3.90. The third-order valence-electron chi connectivity index (χ3n) is 4.13. The number of carbonyl (C=O) groups excluding carboxylic acids is 1. The fourth-order valence-electron chi connectivity index (χ4n) is 2.83. The Hall–Kier alpha value is -3.74. The summed E-state index contributed by atoms with van der Waals surface area (Å²) in [6.07, 6.45) is 5.14. The lowest BCUT2D eigenvalue weighted by Crippen LogP contribution is -2.13. The highest BCUT2D eigenvalue weighted by Crippen LogP contribution is 2.15. The highest BCUT2D eigenvalue weighted by atomic mass is 16.1. The van der Waals surface area contributed by atoms with E-state index < -0.39 is 0 Å². The van der Waals surface area contributed by atoms with E-state index >= 15 is 0 Å². The second-order valence-corrected chi connectivity index (χ2v) is 6.20. The Labute approximate surface area is 156 Å². The monoisotopic (exact) mass is 358 g/mol. The molecular weight excluding hydrogens is 340 g/mol. The van der Waals surface area contributed by atoms with Gasteiger partial charge in [0.15, 0.2) is 5.82 Å². The first-order chi connectivity index (χ1) is 13.1. The number of hydrogen-bond donors (Lipinski definition) is 1. The maximum atomic E-state index is 12.5. The van der Waals surface area contributed by atoms with Gasteiger partial charge in [-0.3, -0.25) is 4.79 Å². The molecule has 134 valence electrons. The molecule has 0 unspecified atom stereocenters. The molecule has 0 radical (unpaired) electrons. The molecule has 3 heterocycles. The van der Waals surface area contributed by atoms with E-state index in [1.165, 1.54) is 0 Å². The minimum atomic E-state index is -0.214. The average Bonchev–Trinajstić information content (AvgIpc) is 3.32. The van der Waals surface area contributed by atoms with Gasteiger partial charge in [-0.15, -0.1) is 0 Å². The standard InChI is InChI=1S/C20H18N6O/c1-14-12-15(2)26(24-14)19-9-4-16(13-21-19)20(27)23-17-5-7-18(8-6-17)25-11-3-10-22-25/h3-13H,1-2H3,(H,23,27). The van der Waals surface area contributed by atoms with Gasteiger partial charge in [-0.05, 0) is 62.4 Å². The van der Waals surface area contributed by atoms with Crippen molar-refractivity contribution in [3.63, 3.8) is 0 Å². The first-order valence-corrected chi connectivity index (χ1v) is 8.51. The van der Waals surface area contributed by atoms with Crippen molar-refractivity contribution in [1.29, 1.82) is 0 Å². The molecule has 3 aromatic heterocycles. The highest BCUT2D eigenvalue weighted by molar-refractivity contribution is 6.04. The third kappa shape index (κ3) is 3.48. The summed E-state index contributed by atoms with van der Waals surface area (Å²) in [5.41, 5.74) is 4.04. The first kappa shape index (κ1) is 16.7. The Morgan fingerprint density at radius 1 is 1.07 bits per heavy atom. The summed E-state index contributed by atoms with van der Waals surface area (Å²) < 4.78 is 3.51. The first-order valence-electron chi connectivity index (χ1n) is 8.51. The molecule has 27 heavy (non-hydrogen) atoms. The summed E-state index contributed by atoms with van der Waals surface area (Å²) in [6, 6.07) is 14.8. The Kier molecular flexibility index (Phi) is 4.25. The largest absolute Gasteiger partial charge is 0.322 e. The Morgan fingerprint density at radius 2 is 1.89 bits per heavy atom. The van der Waals surface area contributed by atoms with Gasteiger partial charge in [0.05, 0.1) is 16.9 Å². The van der Waals surface area contributed by atoms with Crippen molar-refractivity contribution in [3.05, 3.63) is 84.1 Å². The molecule has 0 spiro atoms. The number of pyridine rings is 1. The van der Waals surface area contributed by atoms with Gasteiger partial charge < -0.3 is 5.32 Å². The van der Waals surface area contributed by atoms with Crippen LogP contribution in [0.4, 0.5) is 5.69 Å². The zero-order valence-electron chi connectivity index (χ0n) is 15.0. The van der Waals surface area contributed by atoms with Crippen LogP contribution >= 0.6 is 0 Å². The molecule has 0 bridgehead atoms. The number of hydrogen-bond acceptors (Lipinski definition) is 4. The lowest BCUT2D eigenvalue weighted by Gasteiger charge is -2.08. The van der Waals surface area contributed by atoms with Crippen molar-refractivity contribution in [2.75, 3.05) is 5.32 Å². The van der Waals surface area contributed by atoms with Gasteiger partial charge in [-0.2, -0.15) is 10.2 Å². The molecule has 0 aliphatic rings. The maximum absolute atomic E-state index is 12.5. The normalized spacial score (nSPS) is 10.7. The van der Waals surface area contributed by atoms with Gasteiger partial charge in [-0.1, -0.05) is 0 Å². The van der Waals surface area contributed by atoms with Crippen molar-refractivity contribution >= 4 is 11.6 Å². The molecule has 0 atom stereocenters. The number of aromatic nitrogens is 5. The Bertz CT molecular complexity index is 1060. The van der Waals surface area contributed by atoms with Crippen LogP contribution in [0.25, 0.3) is 11.5 Å². The summed E-state index contributed by atoms with van der Waals surface area (Å²) >= 11 is 0. The predicted molar refractivity (Wildman–Crippen MR) is 102 cm³/mol. The van der Waals surface area contributed by atoms with Crippen molar-refractivity contribution < 1.29 is 4.79 Å². The fourth-order valence-corrected chi connectivity index (χ4v) is 2.83. The molecule has 0 fully saturated rings. The fraction of sp³-hybridized carbons (Fsp3) is 0.100. The summed E-state index contributed by atoms with van der Waals surface area (Å²) in [5, 5.41) is 11.5. The van der Waals surface area contributed by atoms with E-state index in [1.807, 2.05) is 56.4 Å². The molecule has 7 nitrogen and oxygen atoms in total. The smallest absolute Gasteiger partial charge is 0.257 e. The number of aryl methyl sites for hydroxylation is 2. The van der Waals surface area contributed by atoms with E-state index in [0.29, 0.717) is 17.1 Å².